The summed E-state index contributed by atoms with van der Waals surface area (Å²) in [6.07, 6.45) is 0. The highest BCUT2D eigenvalue weighted by atomic mass is 16.5. The number of rotatable bonds is 9. The fourth-order valence-corrected chi connectivity index (χ4v) is 1.50. The molecule has 0 aliphatic carbocycles. The van der Waals surface area contributed by atoms with E-state index in [0.717, 1.165) is 5.56 Å². The van der Waals surface area contributed by atoms with Gasteiger partial charge in [-0.15, -0.1) is 0 Å². The first-order chi connectivity index (χ1) is 10.0. The molecule has 2 N–H and O–H groups in total. The zero-order valence-corrected chi connectivity index (χ0v) is 12.0. The number of methoxy groups -OCH3 is 1. The third-order valence-corrected chi connectivity index (χ3v) is 2.41. The summed E-state index contributed by atoms with van der Waals surface area (Å²) in [4.78, 5) is 21.9. The molecule has 0 fully saturated rings. The van der Waals surface area contributed by atoms with E-state index in [1.807, 2.05) is 13.0 Å². The Balaban J connectivity index is 2.59. The maximum absolute atomic E-state index is 11.7. The fraction of sp³-hybridized carbons (Fsp3) is 0.429. The van der Waals surface area contributed by atoms with Crippen LogP contribution in [0.2, 0.25) is 0 Å². The van der Waals surface area contributed by atoms with Crippen molar-refractivity contribution in [2.75, 3.05) is 38.9 Å². The van der Waals surface area contributed by atoms with Crippen LogP contribution in [0.15, 0.2) is 18.2 Å². The molecule has 0 unspecified atom stereocenters. The molecular formula is C14H19NO6. The molecule has 1 aromatic carbocycles. The van der Waals surface area contributed by atoms with E-state index in [-0.39, 0.29) is 6.61 Å². The van der Waals surface area contributed by atoms with Crippen molar-refractivity contribution >= 4 is 17.6 Å². The summed E-state index contributed by atoms with van der Waals surface area (Å²) in [6, 6.07) is 5.34. The lowest BCUT2D eigenvalue weighted by atomic mass is 10.2. The zero-order chi connectivity index (χ0) is 15.7. The summed E-state index contributed by atoms with van der Waals surface area (Å²) in [6.45, 7) is 1.85. The van der Waals surface area contributed by atoms with Crippen LogP contribution in [-0.2, 0) is 19.1 Å². The third kappa shape index (κ3) is 6.73. The first-order valence-corrected chi connectivity index (χ1v) is 6.34. The van der Waals surface area contributed by atoms with Gasteiger partial charge in [0.1, 0.15) is 25.6 Å². The minimum Gasteiger partial charge on any atom is -0.489 e. The first-order valence-electron chi connectivity index (χ1n) is 6.34. The molecule has 0 spiro atoms. The molecular weight excluding hydrogens is 278 g/mol. The minimum atomic E-state index is -1.12. The number of aryl methyl sites for hydroxylation is 1. The third-order valence-electron chi connectivity index (χ3n) is 2.41. The Bertz CT molecular complexity index is 488. The quantitative estimate of drug-likeness (QED) is 0.662. The number of nitrogens with one attached hydrogen (secondary N) is 1. The molecule has 0 bridgehead atoms. The molecule has 0 aliphatic rings. The molecule has 0 aliphatic heterocycles. The van der Waals surface area contributed by atoms with Crippen LogP contribution >= 0.6 is 0 Å². The van der Waals surface area contributed by atoms with Gasteiger partial charge in [0.2, 0.25) is 5.91 Å². The molecule has 21 heavy (non-hydrogen) atoms. The van der Waals surface area contributed by atoms with E-state index < -0.39 is 18.5 Å². The lowest BCUT2D eigenvalue weighted by molar-refractivity contribution is -0.143. The number of carboxylic acid groups (broad SMARTS) is 1. The number of ether oxygens (including phenoxy) is 3. The Morgan fingerprint density at radius 3 is 2.67 bits per heavy atom. The van der Waals surface area contributed by atoms with E-state index in [0.29, 0.717) is 24.7 Å². The summed E-state index contributed by atoms with van der Waals surface area (Å²) in [5, 5.41) is 11.0. The lowest BCUT2D eigenvalue weighted by Gasteiger charge is -2.13. The standard InChI is InChI=1S/C14H19NO6/c1-10-3-4-11(12(7-10)21-6-5-19-2)15-13(16)8-20-9-14(17)18/h3-4,7H,5-6,8-9H2,1-2H3,(H,15,16)(H,17,18). The van der Waals surface area contributed by atoms with Crippen molar-refractivity contribution in [2.24, 2.45) is 0 Å². The second kappa shape index (κ2) is 8.93. The van der Waals surface area contributed by atoms with Gasteiger partial charge in [-0.25, -0.2) is 4.79 Å². The Labute approximate surface area is 122 Å². The summed E-state index contributed by atoms with van der Waals surface area (Å²) in [5.41, 5.74) is 1.49. The highest BCUT2D eigenvalue weighted by Gasteiger charge is 2.09. The van der Waals surface area contributed by atoms with Gasteiger partial charge in [0.25, 0.3) is 0 Å². The van der Waals surface area contributed by atoms with Crippen molar-refractivity contribution in [3.05, 3.63) is 23.8 Å². The molecule has 1 aromatic rings. The van der Waals surface area contributed by atoms with Crippen molar-refractivity contribution in [1.29, 1.82) is 0 Å². The summed E-state index contributed by atoms with van der Waals surface area (Å²) in [5.74, 6) is -1.04. The molecule has 1 rings (SSSR count). The van der Waals surface area contributed by atoms with Crippen LogP contribution in [0.1, 0.15) is 5.56 Å². The number of benzene rings is 1. The smallest absolute Gasteiger partial charge is 0.329 e. The van der Waals surface area contributed by atoms with Gasteiger partial charge in [-0.05, 0) is 24.6 Å². The van der Waals surface area contributed by atoms with Gasteiger partial charge in [-0.3, -0.25) is 4.79 Å². The molecule has 0 heterocycles. The maximum Gasteiger partial charge on any atom is 0.329 e. The Kier molecular flexibility index (Phi) is 7.20. The van der Waals surface area contributed by atoms with Gasteiger partial charge < -0.3 is 24.6 Å². The monoisotopic (exact) mass is 297 g/mol. The van der Waals surface area contributed by atoms with Crippen LogP contribution in [0.5, 0.6) is 5.75 Å². The summed E-state index contributed by atoms with van der Waals surface area (Å²) < 4.78 is 15.1. The number of hydrogen-bond donors (Lipinski definition) is 2. The van der Waals surface area contributed by atoms with E-state index in [9.17, 15) is 9.59 Å². The van der Waals surface area contributed by atoms with Gasteiger partial charge >= 0.3 is 5.97 Å². The molecule has 0 saturated carbocycles. The second-order valence-corrected chi connectivity index (χ2v) is 4.28. The van der Waals surface area contributed by atoms with Crippen LogP contribution < -0.4 is 10.1 Å². The Morgan fingerprint density at radius 1 is 1.24 bits per heavy atom. The minimum absolute atomic E-state index is 0.336. The molecule has 7 nitrogen and oxygen atoms in total. The number of anilines is 1. The van der Waals surface area contributed by atoms with Crippen molar-refractivity contribution in [3.8, 4) is 5.75 Å². The van der Waals surface area contributed by atoms with E-state index in [2.05, 4.69) is 5.32 Å². The predicted octanol–water partition coefficient (Wildman–Crippen LogP) is 1.06. The number of aliphatic carboxylic acids is 1. The average molecular weight is 297 g/mol. The normalized spacial score (nSPS) is 10.2. The average Bonchev–Trinajstić information content (AvgIpc) is 2.41. The molecule has 0 aromatic heterocycles. The van der Waals surface area contributed by atoms with Crippen molar-refractivity contribution in [3.63, 3.8) is 0 Å². The number of amides is 1. The second-order valence-electron chi connectivity index (χ2n) is 4.28. The van der Waals surface area contributed by atoms with Gasteiger partial charge in [0.05, 0.1) is 12.3 Å². The number of carbonyl (C=O) groups excluding carboxylic acids is 1. The number of carboxylic acids is 1. The molecule has 116 valence electrons. The van der Waals surface area contributed by atoms with Crippen LogP contribution in [0.4, 0.5) is 5.69 Å². The van der Waals surface area contributed by atoms with Crippen LogP contribution in [-0.4, -0.2) is 50.5 Å². The van der Waals surface area contributed by atoms with Crippen molar-refractivity contribution in [1.82, 2.24) is 0 Å². The number of carbonyl (C=O) groups is 2. The Morgan fingerprint density at radius 2 is 2.00 bits per heavy atom. The van der Waals surface area contributed by atoms with Gasteiger partial charge in [0.15, 0.2) is 0 Å². The highest BCUT2D eigenvalue weighted by molar-refractivity contribution is 5.93. The topological polar surface area (TPSA) is 94.1 Å². The van der Waals surface area contributed by atoms with Gasteiger partial charge in [0, 0.05) is 7.11 Å². The predicted molar refractivity (Wildman–Crippen MR) is 75.6 cm³/mol. The molecule has 0 saturated heterocycles. The van der Waals surface area contributed by atoms with Crippen molar-refractivity contribution in [2.45, 2.75) is 6.92 Å². The maximum atomic E-state index is 11.7. The molecule has 7 heteroatoms. The van der Waals surface area contributed by atoms with Crippen molar-refractivity contribution < 1.29 is 28.9 Å². The van der Waals surface area contributed by atoms with Crippen LogP contribution in [0.3, 0.4) is 0 Å². The van der Waals surface area contributed by atoms with E-state index in [4.69, 9.17) is 19.3 Å². The van der Waals surface area contributed by atoms with E-state index >= 15 is 0 Å². The van der Waals surface area contributed by atoms with Gasteiger partial charge in [-0.1, -0.05) is 6.07 Å². The lowest BCUT2D eigenvalue weighted by Crippen LogP contribution is -2.21. The fourth-order valence-electron chi connectivity index (χ4n) is 1.50. The summed E-state index contributed by atoms with van der Waals surface area (Å²) in [7, 11) is 1.57. The number of hydrogen-bond acceptors (Lipinski definition) is 5. The van der Waals surface area contributed by atoms with Crippen LogP contribution in [0.25, 0.3) is 0 Å². The van der Waals surface area contributed by atoms with Crippen LogP contribution in [0, 0.1) is 6.92 Å². The summed E-state index contributed by atoms with van der Waals surface area (Å²) >= 11 is 0. The van der Waals surface area contributed by atoms with E-state index in [1.54, 1.807) is 19.2 Å². The molecule has 0 atom stereocenters. The molecule has 0 radical (unpaired) electrons. The van der Waals surface area contributed by atoms with Gasteiger partial charge in [-0.2, -0.15) is 0 Å². The largest absolute Gasteiger partial charge is 0.489 e. The SMILES string of the molecule is COCCOc1cc(C)ccc1NC(=O)COCC(=O)O. The van der Waals surface area contributed by atoms with E-state index in [1.165, 1.54) is 0 Å². The Hall–Kier alpha value is -2.12. The highest BCUT2D eigenvalue weighted by Crippen LogP contribution is 2.25. The first kappa shape index (κ1) is 16.9. The molecule has 1 amide bonds. The zero-order valence-electron chi connectivity index (χ0n) is 12.0.